The Bertz CT molecular complexity index is 1000. The van der Waals surface area contributed by atoms with Gasteiger partial charge in [-0.3, -0.25) is 4.90 Å². The summed E-state index contributed by atoms with van der Waals surface area (Å²) in [5.41, 5.74) is 1.25. The fourth-order valence-corrected chi connectivity index (χ4v) is 6.23. The molecule has 0 bridgehead atoms. The number of amides is 1. The molecule has 1 N–H and O–H groups in total. The van der Waals surface area contributed by atoms with Gasteiger partial charge in [0.15, 0.2) is 0 Å². The first-order valence-corrected chi connectivity index (χ1v) is 13.0. The molecular weight excluding hydrogens is 434 g/mol. The van der Waals surface area contributed by atoms with Crippen molar-refractivity contribution in [2.75, 3.05) is 13.1 Å². The monoisotopic (exact) mass is 473 g/mol. The maximum atomic E-state index is 12.7. The fraction of sp³-hybridized carbons (Fsp3) is 0.533. The quantitative estimate of drug-likeness (QED) is 0.554. The zero-order valence-electron chi connectivity index (χ0n) is 21.4. The standard InChI is InChI=1S/C30H39N3O2/c1-29(2,3)35-28(34)32-27-16-10-15-26(27)30(22-31,24-13-8-5-9-14-24)25-17-19-33(20-18-25)21-23-11-6-4-7-12-23/h4-9,11-14,25-27H,10,15-21H2,1-3H3,(H,32,34)/t26-,27-,30+/m0/s1. The van der Waals surface area contributed by atoms with E-state index in [1.165, 1.54) is 5.56 Å². The summed E-state index contributed by atoms with van der Waals surface area (Å²) in [6.07, 6.45) is 4.40. The Labute approximate surface area is 210 Å². The molecule has 5 heteroatoms. The first-order valence-electron chi connectivity index (χ1n) is 13.0. The minimum absolute atomic E-state index is 0.0629. The molecule has 2 aromatic carbocycles. The molecule has 1 amide bonds. The number of nitrogens with zero attached hydrogens (tertiary/aromatic N) is 2. The van der Waals surface area contributed by atoms with E-state index in [0.717, 1.165) is 57.3 Å². The van der Waals surface area contributed by atoms with Gasteiger partial charge in [-0.05, 0) is 76.6 Å². The molecule has 0 spiro atoms. The van der Waals surface area contributed by atoms with E-state index in [4.69, 9.17) is 4.74 Å². The smallest absolute Gasteiger partial charge is 0.407 e. The summed E-state index contributed by atoms with van der Waals surface area (Å²) in [5.74, 6) is 0.307. The summed E-state index contributed by atoms with van der Waals surface area (Å²) in [5, 5.41) is 14.0. The number of alkyl carbamates (subject to hydrolysis) is 1. The van der Waals surface area contributed by atoms with Gasteiger partial charge in [-0.1, -0.05) is 67.1 Å². The van der Waals surface area contributed by atoms with Crippen LogP contribution in [0.4, 0.5) is 4.79 Å². The third kappa shape index (κ3) is 5.87. The zero-order valence-corrected chi connectivity index (χ0v) is 21.4. The molecule has 4 rings (SSSR count). The van der Waals surface area contributed by atoms with Crippen molar-refractivity contribution in [2.45, 2.75) is 76.5 Å². The molecule has 1 saturated heterocycles. The Hall–Kier alpha value is -2.84. The number of rotatable bonds is 6. The Morgan fingerprint density at radius 3 is 2.23 bits per heavy atom. The molecule has 2 fully saturated rings. The van der Waals surface area contributed by atoms with Crippen molar-refractivity contribution in [2.24, 2.45) is 11.8 Å². The third-order valence-corrected chi connectivity index (χ3v) is 7.72. The van der Waals surface area contributed by atoms with Crippen molar-refractivity contribution in [3.8, 4) is 6.07 Å². The highest BCUT2D eigenvalue weighted by Crippen LogP contribution is 2.50. The molecule has 3 atom stereocenters. The topological polar surface area (TPSA) is 65.4 Å². The minimum Gasteiger partial charge on any atom is -0.444 e. The number of carbonyl (C=O) groups is 1. The van der Waals surface area contributed by atoms with Gasteiger partial charge in [0.25, 0.3) is 0 Å². The summed E-state index contributed by atoms with van der Waals surface area (Å²) in [6, 6.07) is 23.7. The molecule has 186 valence electrons. The van der Waals surface area contributed by atoms with Crippen LogP contribution >= 0.6 is 0 Å². The highest BCUT2D eigenvalue weighted by atomic mass is 16.6. The SMILES string of the molecule is CC(C)(C)OC(=O)N[C@H]1CCC[C@@H]1[C@](C#N)(c1ccccc1)C1CCN(Cc2ccccc2)CC1. The van der Waals surface area contributed by atoms with E-state index >= 15 is 0 Å². The first kappa shape index (κ1) is 25.3. The molecule has 0 aromatic heterocycles. The molecule has 2 aliphatic rings. The Balaban J connectivity index is 1.56. The molecule has 1 aliphatic heterocycles. The molecule has 0 radical (unpaired) electrons. The van der Waals surface area contributed by atoms with Crippen LogP contribution in [0.2, 0.25) is 0 Å². The van der Waals surface area contributed by atoms with Crippen LogP contribution in [0.15, 0.2) is 60.7 Å². The van der Waals surface area contributed by atoms with Crippen LogP contribution in [0.3, 0.4) is 0 Å². The van der Waals surface area contributed by atoms with Crippen molar-refractivity contribution in [3.63, 3.8) is 0 Å². The molecule has 1 heterocycles. The first-order chi connectivity index (χ1) is 16.8. The molecule has 0 unspecified atom stereocenters. The minimum atomic E-state index is -0.629. The van der Waals surface area contributed by atoms with Gasteiger partial charge in [0.1, 0.15) is 5.60 Å². The van der Waals surface area contributed by atoms with E-state index in [-0.39, 0.29) is 24.0 Å². The van der Waals surface area contributed by atoms with Gasteiger partial charge in [0.2, 0.25) is 0 Å². The summed E-state index contributed by atoms with van der Waals surface area (Å²) in [7, 11) is 0. The number of likely N-dealkylation sites (tertiary alicyclic amines) is 1. The van der Waals surface area contributed by atoms with Crippen LogP contribution < -0.4 is 5.32 Å². The Morgan fingerprint density at radius 1 is 1.00 bits per heavy atom. The number of ether oxygens (including phenoxy) is 1. The highest BCUT2D eigenvalue weighted by Gasteiger charge is 2.52. The second-order valence-electron chi connectivity index (χ2n) is 11.2. The van der Waals surface area contributed by atoms with Crippen LogP contribution in [0.25, 0.3) is 0 Å². The van der Waals surface area contributed by atoms with E-state index in [9.17, 15) is 10.1 Å². The van der Waals surface area contributed by atoms with Crippen LogP contribution in [0.5, 0.6) is 0 Å². The molecule has 2 aromatic rings. The second-order valence-corrected chi connectivity index (χ2v) is 11.2. The zero-order chi connectivity index (χ0) is 24.9. The number of benzene rings is 2. The average molecular weight is 474 g/mol. The van der Waals surface area contributed by atoms with Crippen molar-refractivity contribution in [1.29, 1.82) is 5.26 Å². The number of hydrogen-bond donors (Lipinski definition) is 1. The van der Waals surface area contributed by atoms with Gasteiger partial charge in [-0.2, -0.15) is 5.26 Å². The van der Waals surface area contributed by atoms with E-state index in [2.05, 4.69) is 58.8 Å². The summed E-state index contributed by atoms with van der Waals surface area (Å²) in [6.45, 7) is 8.55. The number of nitriles is 1. The third-order valence-electron chi connectivity index (χ3n) is 7.72. The predicted molar refractivity (Wildman–Crippen MR) is 139 cm³/mol. The maximum Gasteiger partial charge on any atom is 0.407 e. The van der Waals surface area contributed by atoms with E-state index in [1.54, 1.807) is 0 Å². The predicted octanol–water partition coefficient (Wildman–Crippen LogP) is 6.05. The van der Waals surface area contributed by atoms with Gasteiger partial charge >= 0.3 is 6.09 Å². The molecule has 5 nitrogen and oxygen atoms in total. The van der Waals surface area contributed by atoms with Crippen LogP contribution in [0.1, 0.15) is 64.0 Å². The Morgan fingerprint density at radius 2 is 1.63 bits per heavy atom. The summed E-state index contributed by atoms with van der Waals surface area (Å²) in [4.78, 5) is 15.2. The lowest BCUT2D eigenvalue weighted by Crippen LogP contribution is -2.52. The van der Waals surface area contributed by atoms with Crippen LogP contribution in [-0.4, -0.2) is 35.7 Å². The normalized spacial score (nSPS) is 23.3. The van der Waals surface area contributed by atoms with Crippen molar-refractivity contribution >= 4 is 6.09 Å². The number of piperidine rings is 1. The van der Waals surface area contributed by atoms with Gasteiger partial charge in [-0.25, -0.2) is 4.79 Å². The molecule has 35 heavy (non-hydrogen) atoms. The number of carbonyl (C=O) groups excluding carboxylic acids is 1. The summed E-state index contributed by atoms with van der Waals surface area (Å²) >= 11 is 0. The van der Waals surface area contributed by atoms with E-state index < -0.39 is 11.0 Å². The second kappa shape index (κ2) is 10.8. The van der Waals surface area contributed by atoms with Gasteiger partial charge in [-0.15, -0.1) is 0 Å². The van der Waals surface area contributed by atoms with Crippen LogP contribution in [-0.2, 0) is 16.7 Å². The van der Waals surface area contributed by atoms with Gasteiger partial charge in [0, 0.05) is 18.5 Å². The Kier molecular flexibility index (Phi) is 7.82. The lowest BCUT2D eigenvalue weighted by Gasteiger charge is -2.46. The average Bonchev–Trinajstić information content (AvgIpc) is 3.29. The molecular formula is C30H39N3O2. The van der Waals surface area contributed by atoms with E-state index in [0.29, 0.717) is 0 Å². The van der Waals surface area contributed by atoms with Gasteiger partial charge < -0.3 is 10.1 Å². The largest absolute Gasteiger partial charge is 0.444 e. The van der Waals surface area contributed by atoms with Crippen molar-refractivity contribution < 1.29 is 9.53 Å². The number of nitrogens with one attached hydrogen (secondary N) is 1. The lowest BCUT2D eigenvalue weighted by molar-refractivity contribution is 0.0459. The highest BCUT2D eigenvalue weighted by molar-refractivity contribution is 5.68. The number of hydrogen-bond acceptors (Lipinski definition) is 4. The van der Waals surface area contributed by atoms with Crippen molar-refractivity contribution in [3.05, 3.63) is 71.8 Å². The molecule has 1 saturated carbocycles. The molecule has 1 aliphatic carbocycles. The maximum absolute atomic E-state index is 12.7. The van der Waals surface area contributed by atoms with Crippen LogP contribution in [0, 0.1) is 23.2 Å². The fourth-order valence-electron chi connectivity index (χ4n) is 6.23. The van der Waals surface area contributed by atoms with E-state index in [1.807, 2.05) is 39.0 Å². The summed E-state index contributed by atoms with van der Waals surface area (Å²) < 4.78 is 5.58. The lowest BCUT2D eigenvalue weighted by atomic mass is 9.59. The van der Waals surface area contributed by atoms with Gasteiger partial charge in [0.05, 0.1) is 11.5 Å². The van der Waals surface area contributed by atoms with Crippen molar-refractivity contribution in [1.82, 2.24) is 10.2 Å².